The molecule has 0 bridgehead atoms. The molecule has 0 aliphatic carbocycles. The first-order valence-corrected chi connectivity index (χ1v) is 9.82. The van der Waals surface area contributed by atoms with E-state index >= 15 is 0 Å². The number of hydrogen-bond acceptors (Lipinski definition) is 5. The van der Waals surface area contributed by atoms with Crippen molar-refractivity contribution in [2.45, 2.75) is 25.7 Å². The van der Waals surface area contributed by atoms with Crippen molar-refractivity contribution in [2.75, 3.05) is 0 Å². The van der Waals surface area contributed by atoms with Gasteiger partial charge in [0.05, 0.1) is 22.8 Å². The van der Waals surface area contributed by atoms with Gasteiger partial charge in [-0.3, -0.25) is 18.8 Å². The van der Waals surface area contributed by atoms with Gasteiger partial charge >= 0.3 is 5.97 Å². The third-order valence-corrected chi connectivity index (χ3v) is 4.96. The van der Waals surface area contributed by atoms with E-state index in [9.17, 15) is 14.0 Å². The maximum Gasteiger partial charge on any atom is 0.303 e. The van der Waals surface area contributed by atoms with Gasteiger partial charge in [-0.2, -0.15) is 0 Å². The van der Waals surface area contributed by atoms with Crippen LogP contribution >= 0.6 is 0 Å². The molecule has 0 aliphatic rings. The van der Waals surface area contributed by atoms with E-state index in [2.05, 4.69) is 10.3 Å². The molecule has 2 aromatic carbocycles. The summed E-state index contributed by atoms with van der Waals surface area (Å²) in [4.78, 5) is 28.9. The standard InChI is InChI=1S/C22H20FN5O3/c1-27-13-19(25-26-27)14-6-11-17-18(12-14)24-20(4-2-3-5-21(29)30)28(22(17)31)16-9-7-15(23)8-10-16/h6-13H,2-5H2,1H3,(H,29,30). The lowest BCUT2D eigenvalue weighted by atomic mass is 10.1. The molecule has 158 valence electrons. The molecule has 0 spiro atoms. The van der Waals surface area contributed by atoms with Gasteiger partial charge in [0.15, 0.2) is 0 Å². The summed E-state index contributed by atoms with van der Waals surface area (Å²) < 4.78 is 16.5. The molecule has 2 heterocycles. The second-order valence-corrected chi connectivity index (χ2v) is 7.26. The molecule has 0 saturated heterocycles. The molecule has 2 aromatic heterocycles. The number of hydrogen-bond donors (Lipinski definition) is 1. The number of carbonyl (C=O) groups is 1. The van der Waals surface area contributed by atoms with Crippen molar-refractivity contribution in [3.63, 3.8) is 0 Å². The average Bonchev–Trinajstić information content (AvgIpc) is 3.18. The molecular formula is C22H20FN5O3. The second-order valence-electron chi connectivity index (χ2n) is 7.26. The fourth-order valence-electron chi connectivity index (χ4n) is 3.45. The number of carboxylic acid groups (broad SMARTS) is 1. The van der Waals surface area contributed by atoms with Crippen molar-refractivity contribution in [2.24, 2.45) is 7.05 Å². The number of unbranched alkanes of at least 4 members (excludes halogenated alkanes) is 1. The zero-order valence-electron chi connectivity index (χ0n) is 16.8. The van der Waals surface area contributed by atoms with Crippen LogP contribution in [0.1, 0.15) is 25.1 Å². The largest absolute Gasteiger partial charge is 0.481 e. The van der Waals surface area contributed by atoms with E-state index in [1.165, 1.54) is 28.8 Å². The summed E-state index contributed by atoms with van der Waals surface area (Å²) in [7, 11) is 1.77. The number of nitrogens with zero attached hydrogens (tertiary/aromatic N) is 5. The lowest BCUT2D eigenvalue weighted by Gasteiger charge is -2.14. The molecule has 0 aliphatic heterocycles. The molecule has 0 radical (unpaired) electrons. The predicted octanol–water partition coefficient (Wildman–Crippen LogP) is 3.12. The first-order valence-electron chi connectivity index (χ1n) is 9.82. The zero-order valence-corrected chi connectivity index (χ0v) is 16.8. The van der Waals surface area contributed by atoms with Crippen LogP contribution in [0.25, 0.3) is 27.8 Å². The smallest absolute Gasteiger partial charge is 0.303 e. The quantitative estimate of drug-likeness (QED) is 0.460. The van der Waals surface area contributed by atoms with Crippen molar-refractivity contribution in [3.05, 3.63) is 70.7 Å². The zero-order chi connectivity index (χ0) is 22.0. The lowest BCUT2D eigenvalue weighted by Crippen LogP contribution is -2.24. The summed E-state index contributed by atoms with van der Waals surface area (Å²) in [5, 5.41) is 17.3. The van der Waals surface area contributed by atoms with Crippen molar-refractivity contribution < 1.29 is 14.3 Å². The van der Waals surface area contributed by atoms with Crippen LogP contribution in [-0.4, -0.2) is 35.6 Å². The Morgan fingerprint density at radius 1 is 1.13 bits per heavy atom. The Balaban J connectivity index is 1.82. The van der Waals surface area contributed by atoms with E-state index in [1.807, 2.05) is 0 Å². The summed E-state index contributed by atoms with van der Waals surface area (Å²) in [5.74, 6) is -0.774. The molecule has 0 atom stereocenters. The summed E-state index contributed by atoms with van der Waals surface area (Å²) >= 11 is 0. The number of fused-ring (bicyclic) bond motifs is 1. The van der Waals surface area contributed by atoms with Crippen molar-refractivity contribution in [1.29, 1.82) is 0 Å². The van der Waals surface area contributed by atoms with Gasteiger partial charge in [0.2, 0.25) is 0 Å². The Morgan fingerprint density at radius 2 is 1.90 bits per heavy atom. The second kappa shape index (κ2) is 8.47. The molecule has 4 aromatic rings. The molecule has 0 unspecified atom stereocenters. The van der Waals surface area contributed by atoms with Gasteiger partial charge in [-0.05, 0) is 49.2 Å². The van der Waals surface area contributed by atoms with Crippen LogP contribution in [0.2, 0.25) is 0 Å². The van der Waals surface area contributed by atoms with Crippen molar-refractivity contribution in [3.8, 4) is 16.9 Å². The number of aromatic nitrogens is 5. The minimum atomic E-state index is -0.865. The van der Waals surface area contributed by atoms with E-state index in [4.69, 9.17) is 10.1 Å². The number of aliphatic carboxylic acids is 1. The minimum absolute atomic E-state index is 0.0468. The van der Waals surface area contributed by atoms with Crippen LogP contribution in [0, 0.1) is 5.82 Å². The fraction of sp³-hybridized carbons (Fsp3) is 0.227. The van der Waals surface area contributed by atoms with Crippen LogP contribution < -0.4 is 5.56 Å². The van der Waals surface area contributed by atoms with E-state index in [1.54, 1.807) is 36.1 Å². The molecule has 0 saturated carbocycles. The summed E-state index contributed by atoms with van der Waals surface area (Å²) in [6.45, 7) is 0. The van der Waals surface area contributed by atoms with Gasteiger partial charge in [-0.25, -0.2) is 9.37 Å². The Labute approximate surface area is 176 Å². The van der Waals surface area contributed by atoms with Crippen LogP contribution in [0.5, 0.6) is 0 Å². The van der Waals surface area contributed by atoms with Gasteiger partial charge in [0, 0.05) is 25.5 Å². The van der Waals surface area contributed by atoms with Crippen LogP contribution in [0.4, 0.5) is 4.39 Å². The topological polar surface area (TPSA) is 103 Å². The average molecular weight is 421 g/mol. The first-order chi connectivity index (χ1) is 14.9. The van der Waals surface area contributed by atoms with Crippen molar-refractivity contribution in [1.82, 2.24) is 24.5 Å². The van der Waals surface area contributed by atoms with Gasteiger partial charge < -0.3 is 5.11 Å². The van der Waals surface area contributed by atoms with Crippen LogP contribution in [-0.2, 0) is 18.3 Å². The van der Waals surface area contributed by atoms with E-state index in [0.717, 1.165) is 5.56 Å². The third kappa shape index (κ3) is 4.35. The summed E-state index contributed by atoms with van der Waals surface area (Å²) in [5.41, 5.74) is 2.20. The molecule has 9 heteroatoms. The highest BCUT2D eigenvalue weighted by Crippen LogP contribution is 2.22. The number of aryl methyl sites for hydroxylation is 2. The van der Waals surface area contributed by atoms with E-state index in [-0.39, 0.29) is 12.0 Å². The Bertz CT molecular complexity index is 1310. The highest BCUT2D eigenvalue weighted by Gasteiger charge is 2.15. The van der Waals surface area contributed by atoms with Crippen LogP contribution in [0.15, 0.2) is 53.5 Å². The van der Waals surface area contributed by atoms with Crippen molar-refractivity contribution >= 4 is 16.9 Å². The van der Waals surface area contributed by atoms with Gasteiger partial charge in [0.25, 0.3) is 5.56 Å². The Morgan fingerprint density at radius 3 is 2.58 bits per heavy atom. The summed E-state index contributed by atoms with van der Waals surface area (Å²) in [6.07, 6.45) is 3.24. The highest BCUT2D eigenvalue weighted by atomic mass is 19.1. The predicted molar refractivity (Wildman–Crippen MR) is 112 cm³/mol. The molecular weight excluding hydrogens is 401 g/mol. The molecule has 8 nitrogen and oxygen atoms in total. The van der Waals surface area contributed by atoms with Gasteiger partial charge in [-0.1, -0.05) is 11.3 Å². The normalized spacial score (nSPS) is 11.2. The summed E-state index contributed by atoms with van der Waals surface area (Å²) in [6, 6.07) is 10.9. The maximum atomic E-state index is 13.4. The number of benzene rings is 2. The lowest BCUT2D eigenvalue weighted by molar-refractivity contribution is -0.137. The maximum absolute atomic E-state index is 13.4. The SMILES string of the molecule is Cn1cc(-c2ccc3c(=O)n(-c4ccc(F)cc4)c(CCCCC(=O)O)nc3c2)nn1. The number of carboxylic acids is 1. The third-order valence-electron chi connectivity index (χ3n) is 4.96. The minimum Gasteiger partial charge on any atom is -0.481 e. The number of rotatable bonds is 7. The molecule has 1 N–H and O–H groups in total. The fourth-order valence-corrected chi connectivity index (χ4v) is 3.45. The number of halogens is 1. The van der Waals surface area contributed by atoms with E-state index in [0.29, 0.717) is 47.4 Å². The monoisotopic (exact) mass is 421 g/mol. The Kier molecular flexibility index (Phi) is 5.57. The molecule has 31 heavy (non-hydrogen) atoms. The molecule has 0 fully saturated rings. The van der Waals surface area contributed by atoms with Gasteiger partial charge in [-0.15, -0.1) is 5.10 Å². The first kappa shape index (κ1) is 20.4. The molecule has 0 amide bonds. The van der Waals surface area contributed by atoms with Crippen LogP contribution in [0.3, 0.4) is 0 Å². The Hall–Kier alpha value is -3.88. The van der Waals surface area contributed by atoms with Gasteiger partial charge in [0.1, 0.15) is 17.3 Å². The molecule has 4 rings (SSSR count). The van der Waals surface area contributed by atoms with E-state index < -0.39 is 11.8 Å². The highest BCUT2D eigenvalue weighted by molar-refractivity contribution is 5.83.